The van der Waals surface area contributed by atoms with Gasteiger partial charge >= 0.3 is 0 Å². The number of nitrogens with one attached hydrogen (secondary N) is 1. The zero-order valence-electron chi connectivity index (χ0n) is 9.75. The maximum absolute atomic E-state index is 11.4. The molecule has 1 atom stereocenters. The zero-order chi connectivity index (χ0) is 11.7. The van der Waals surface area contributed by atoms with Gasteiger partial charge in [-0.05, 0) is 24.8 Å². The van der Waals surface area contributed by atoms with Crippen molar-refractivity contribution in [2.24, 2.45) is 17.6 Å². The second kappa shape index (κ2) is 8.31. The van der Waals surface area contributed by atoms with Crippen LogP contribution in [-0.4, -0.2) is 19.0 Å². The summed E-state index contributed by atoms with van der Waals surface area (Å²) in [4.78, 5) is 11.4. The van der Waals surface area contributed by atoms with Crippen LogP contribution in [0.2, 0.25) is 0 Å². The summed E-state index contributed by atoms with van der Waals surface area (Å²) in [6.07, 6.45) is 7.19. The van der Waals surface area contributed by atoms with Gasteiger partial charge in [-0.2, -0.15) is 0 Å². The molecule has 15 heavy (non-hydrogen) atoms. The first-order valence-corrected chi connectivity index (χ1v) is 5.50. The van der Waals surface area contributed by atoms with Crippen LogP contribution >= 0.6 is 0 Å². The standard InChI is InChI=1S/C12H22N2O/c1-4-5-6-14-12(15)8-11(9-13)7-10(2)3/h1,10-11H,5-9,13H2,2-3H3,(H,14,15)/t11-/m0/s1. The molecule has 0 aromatic heterocycles. The fourth-order valence-corrected chi connectivity index (χ4v) is 1.54. The minimum absolute atomic E-state index is 0.0568. The van der Waals surface area contributed by atoms with Gasteiger partial charge in [-0.1, -0.05) is 13.8 Å². The molecule has 0 bridgehead atoms. The molecule has 0 saturated heterocycles. The van der Waals surface area contributed by atoms with Crippen LogP contribution in [0.1, 0.15) is 33.1 Å². The van der Waals surface area contributed by atoms with E-state index in [2.05, 4.69) is 25.1 Å². The van der Waals surface area contributed by atoms with Crippen LogP contribution in [-0.2, 0) is 4.79 Å². The lowest BCUT2D eigenvalue weighted by molar-refractivity contribution is -0.122. The predicted molar refractivity (Wildman–Crippen MR) is 63.1 cm³/mol. The van der Waals surface area contributed by atoms with E-state index in [1.807, 2.05) is 0 Å². The molecule has 0 fully saturated rings. The molecule has 3 nitrogen and oxygen atoms in total. The van der Waals surface area contributed by atoms with Crippen molar-refractivity contribution in [3.8, 4) is 12.3 Å². The average Bonchev–Trinajstić information content (AvgIpc) is 2.16. The Morgan fingerprint density at radius 2 is 2.20 bits per heavy atom. The zero-order valence-corrected chi connectivity index (χ0v) is 9.75. The number of hydrogen-bond acceptors (Lipinski definition) is 2. The highest BCUT2D eigenvalue weighted by atomic mass is 16.1. The topological polar surface area (TPSA) is 55.1 Å². The molecule has 0 saturated carbocycles. The number of rotatable bonds is 7. The first-order chi connectivity index (χ1) is 7.10. The fraction of sp³-hybridized carbons (Fsp3) is 0.750. The van der Waals surface area contributed by atoms with Crippen molar-refractivity contribution in [1.82, 2.24) is 5.32 Å². The number of terminal acetylenes is 1. The lowest BCUT2D eigenvalue weighted by Gasteiger charge is -2.16. The second-order valence-electron chi connectivity index (χ2n) is 4.24. The van der Waals surface area contributed by atoms with Crippen molar-refractivity contribution >= 4 is 5.91 Å². The van der Waals surface area contributed by atoms with E-state index >= 15 is 0 Å². The van der Waals surface area contributed by atoms with Gasteiger partial charge in [0.25, 0.3) is 0 Å². The van der Waals surface area contributed by atoms with Crippen molar-refractivity contribution in [1.29, 1.82) is 0 Å². The van der Waals surface area contributed by atoms with Gasteiger partial charge in [0.2, 0.25) is 5.91 Å². The predicted octanol–water partition coefficient (Wildman–Crippen LogP) is 1.14. The van der Waals surface area contributed by atoms with E-state index in [4.69, 9.17) is 12.2 Å². The van der Waals surface area contributed by atoms with Crippen molar-refractivity contribution < 1.29 is 4.79 Å². The summed E-state index contributed by atoms with van der Waals surface area (Å²) in [5.41, 5.74) is 5.61. The Labute approximate surface area is 92.8 Å². The molecule has 0 heterocycles. The van der Waals surface area contributed by atoms with Crippen LogP contribution < -0.4 is 11.1 Å². The molecule has 0 aliphatic carbocycles. The van der Waals surface area contributed by atoms with Gasteiger partial charge in [-0.3, -0.25) is 4.79 Å². The van der Waals surface area contributed by atoms with E-state index in [1.54, 1.807) is 0 Å². The SMILES string of the molecule is C#CCCNC(=O)C[C@@H](CN)CC(C)C. The van der Waals surface area contributed by atoms with Gasteiger partial charge < -0.3 is 11.1 Å². The third-order valence-corrected chi connectivity index (χ3v) is 2.20. The molecular weight excluding hydrogens is 188 g/mol. The Bertz CT molecular complexity index is 218. The summed E-state index contributed by atoms with van der Waals surface area (Å²) in [5, 5.41) is 2.78. The molecule has 0 aliphatic heterocycles. The number of amides is 1. The minimum atomic E-state index is 0.0568. The van der Waals surface area contributed by atoms with Crippen LogP contribution in [0.3, 0.4) is 0 Å². The van der Waals surface area contributed by atoms with Gasteiger partial charge in [0.1, 0.15) is 0 Å². The molecule has 0 unspecified atom stereocenters. The third-order valence-electron chi connectivity index (χ3n) is 2.20. The van der Waals surface area contributed by atoms with Gasteiger partial charge in [-0.15, -0.1) is 12.3 Å². The second-order valence-corrected chi connectivity index (χ2v) is 4.24. The Morgan fingerprint density at radius 1 is 1.53 bits per heavy atom. The summed E-state index contributed by atoms with van der Waals surface area (Å²) in [6, 6.07) is 0. The Kier molecular flexibility index (Phi) is 7.75. The van der Waals surface area contributed by atoms with Crippen molar-refractivity contribution in [3.05, 3.63) is 0 Å². The number of carbonyl (C=O) groups is 1. The number of carbonyl (C=O) groups excluding carboxylic acids is 1. The third kappa shape index (κ3) is 8.02. The van der Waals surface area contributed by atoms with Gasteiger partial charge in [0.05, 0.1) is 0 Å². The minimum Gasteiger partial charge on any atom is -0.355 e. The van der Waals surface area contributed by atoms with Gasteiger partial charge in [0.15, 0.2) is 0 Å². The molecule has 1 amide bonds. The Morgan fingerprint density at radius 3 is 2.67 bits per heavy atom. The van der Waals surface area contributed by atoms with Crippen molar-refractivity contribution in [2.75, 3.05) is 13.1 Å². The van der Waals surface area contributed by atoms with Crippen LogP contribution in [0.15, 0.2) is 0 Å². The molecule has 0 aromatic rings. The van der Waals surface area contributed by atoms with Crippen LogP contribution in [0.5, 0.6) is 0 Å². The van der Waals surface area contributed by atoms with Crippen LogP contribution in [0.4, 0.5) is 0 Å². The van der Waals surface area contributed by atoms with Crippen molar-refractivity contribution in [2.45, 2.75) is 33.1 Å². The maximum atomic E-state index is 11.4. The molecule has 0 aromatic carbocycles. The van der Waals surface area contributed by atoms with Gasteiger partial charge in [0, 0.05) is 19.4 Å². The quantitative estimate of drug-likeness (QED) is 0.489. The van der Waals surface area contributed by atoms with E-state index in [-0.39, 0.29) is 11.8 Å². The normalized spacial score (nSPS) is 12.2. The first kappa shape index (κ1) is 14.0. The highest BCUT2D eigenvalue weighted by molar-refractivity contribution is 5.76. The molecule has 0 rings (SSSR count). The molecule has 86 valence electrons. The van der Waals surface area contributed by atoms with Crippen LogP contribution in [0, 0.1) is 24.2 Å². The number of nitrogens with two attached hydrogens (primary N) is 1. The highest BCUT2D eigenvalue weighted by Gasteiger charge is 2.13. The molecule has 0 spiro atoms. The smallest absolute Gasteiger partial charge is 0.220 e. The Balaban J connectivity index is 3.76. The summed E-state index contributed by atoms with van der Waals surface area (Å²) >= 11 is 0. The van der Waals surface area contributed by atoms with Gasteiger partial charge in [-0.25, -0.2) is 0 Å². The summed E-state index contributed by atoms with van der Waals surface area (Å²) in [5.74, 6) is 3.41. The number of hydrogen-bond donors (Lipinski definition) is 2. The van der Waals surface area contributed by atoms with E-state index in [0.29, 0.717) is 31.8 Å². The lowest BCUT2D eigenvalue weighted by Crippen LogP contribution is -2.29. The molecule has 3 heteroatoms. The Hall–Kier alpha value is -1.01. The molecule has 0 aliphatic rings. The molecular formula is C12H22N2O. The summed E-state index contributed by atoms with van der Waals surface area (Å²) < 4.78 is 0. The van der Waals surface area contributed by atoms with E-state index < -0.39 is 0 Å². The first-order valence-electron chi connectivity index (χ1n) is 5.50. The highest BCUT2D eigenvalue weighted by Crippen LogP contribution is 2.13. The molecule has 0 radical (unpaired) electrons. The maximum Gasteiger partial charge on any atom is 0.220 e. The van der Waals surface area contributed by atoms with E-state index in [1.165, 1.54) is 0 Å². The average molecular weight is 210 g/mol. The molecule has 3 N–H and O–H groups in total. The largest absolute Gasteiger partial charge is 0.355 e. The van der Waals surface area contributed by atoms with Crippen molar-refractivity contribution in [3.63, 3.8) is 0 Å². The fourth-order valence-electron chi connectivity index (χ4n) is 1.54. The van der Waals surface area contributed by atoms with Crippen LogP contribution in [0.25, 0.3) is 0 Å². The monoisotopic (exact) mass is 210 g/mol. The van der Waals surface area contributed by atoms with E-state index in [0.717, 1.165) is 6.42 Å². The summed E-state index contributed by atoms with van der Waals surface area (Å²) in [6.45, 7) is 5.41. The van der Waals surface area contributed by atoms with E-state index in [9.17, 15) is 4.79 Å². The summed E-state index contributed by atoms with van der Waals surface area (Å²) in [7, 11) is 0. The lowest BCUT2D eigenvalue weighted by atomic mass is 9.94.